The molecule has 18 heavy (non-hydrogen) atoms. The number of hydrogen-bond acceptors (Lipinski definition) is 5. The lowest BCUT2D eigenvalue weighted by Gasteiger charge is -2.07. The van der Waals surface area contributed by atoms with E-state index in [1.807, 2.05) is 6.92 Å². The zero-order chi connectivity index (χ0) is 13.4. The molecule has 0 N–H and O–H groups in total. The summed E-state index contributed by atoms with van der Waals surface area (Å²) in [7, 11) is 0. The molecule has 0 fully saturated rings. The van der Waals surface area contributed by atoms with Crippen LogP contribution in [0.15, 0.2) is 18.2 Å². The standard InChI is InChI=1S/C12H14N2O4/c1-2-17-7-4-8-18-12-6-3-5-11(14(15)16)10(12)9-13/h3,5-6H,2,4,7-8H2,1H3. The van der Waals surface area contributed by atoms with Gasteiger partial charge in [0, 0.05) is 25.7 Å². The van der Waals surface area contributed by atoms with Gasteiger partial charge in [0.15, 0.2) is 5.56 Å². The van der Waals surface area contributed by atoms with Gasteiger partial charge in [0.25, 0.3) is 5.69 Å². The highest BCUT2D eigenvalue weighted by molar-refractivity contribution is 5.56. The van der Waals surface area contributed by atoms with Gasteiger partial charge in [-0.2, -0.15) is 5.26 Å². The molecule has 96 valence electrons. The molecule has 0 heterocycles. The van der Waals surface area contributed by atoms with E-state index >= 15 is 0 Å². The number of benzene rings is 1. The lowest BCUT2D eigenvalue weighted by molar-refractivity contribution is -0.385. The SMILES string of the molecule is CCOCCCOc1cccc([N+](=O)[O-])c1C#N. The molecule has 0 bridgehead atoms. The molecule has 0 amide bonds. The smallest absolute Gasteiger partial charge is 0.290 e. The zero-order valence-corrected chi connectivity index (χ0v) is 10.1. The highest BCUT2D eigenvalue weighted by Crippen LogP contribution is 2.27. The number of hydrogen-bond donors (Lipinski definition) is 0. The van der Waals surface area contributed by atoms with E-state index in [0.717, 1.165) is 0 Å². The first kappa shape index (κ1) is 13.9. The van der Waals surface area contributed by atoms with Crippen molar-refractivity contribution >= 4 is 5.69 Å². The Labute approximate surface area is 105 Å². The number of nitro groups is 1. The molecule has 1 aromatic carbocycles. The molecule has 1 aromatic rings. The molecule has 0 aliphatic carbocycles. The van der Waals surface area contributed by atoms with Crippen LogP contribution in [0.2, 0.25) is 0 Å². The van der Waals surface area contributed by atoms with Crippen molar-refractivity contribution in [2.45, 2.75) is 13.3 Å². The van der Waals surface area contributed by atoms with Gasteiger partial charge in [0.05, 0.1) is 11.5 Å². The van der Waals surface area contributed by atoms with Gasteiger partial charge in [0.1, 0.15) is 11.8 Å². The van der Waals surface area contributed by atoms with Crippen molar-refractivity contribution < 1.29 is 14.4 Å². The molecule has 0 spiro atoms. The minimum Gasteiger partial charge on any atom is -0.492 e. The summed E-state index contributed by atoms with van der Waals surface area (Å²) in [5.41, 5.74) is -0.279. The summed E-state index contributed by atoms with van der Waals surface area (Å²) in [6.45, 7) is 3.46. The molecule has 6 heteroatoms. The van der Waals surface area contributed by atoms with Gasteiger partial charge in [-0.25, -0.2) is 0 Å². The van der Waals surface area contributed by atoms with Crippen molar-refractivity contribution in [3.05, 3.63) is 33.9 Å². The van der Waals surface area contributed by atoms with Crippen LogP contribution in [-0.4, -0.2) is 24.7 Å². The fourth-order valence-electron chi connectivity index (χ4n) is 1.39. The average molecular weight is 250 g/mol. The van der Waals surface area contributed by atoms with E-state index in [1.165, 1.54) is 12.1 Å². The van der Waals surface area contributed by atoms with Gasteiger partial charge in [-0.3, -0.25) is 10.1 Å². The minimum atomic E-state index is -0.592. The Bertz CT molecular complexity index is 454. The van der Waals surface area contributed by atoms with E-state index in [0.29, 0.717) is 26.2 Å². The third kappa shape index (κ3) is 3.71. The van der Waals surface area contributed by atoms with Crippen LogP contribution in [0.4, 0.5) is 5.69 Å². The second kappa shape index (κ2) is 7.25. The second-order valence-electron chi connectivity index (χ2n) is 3.42. The molecule has 0 saturated carbocycles. The van der Waals surface area contributed by atoms with Crippen LogP contribution in [0.1, 0.15) is 18.9 Å². The molecule has 1 rings (SSSR count). The van der Waals surface area contributed by atoms with Crippen molar-refractivity contribution in [1.82, 2.24) is 0 Å². The normalized spacial score (nSPS) is 9.78. The Balaban J connectivity index is 2.68. The summed E-state index contributed by atoms with van der Waals surface area (Å²) in [6.07, 6.45) is 0.668. The Morgan fingerprint density at radius 2 is 2.22 bits per heavy atom. The van der Waals surface area contributed by atoms with Crippen LogP contribution < -0.4 is 4.74 Å². The molecule has 0 aliphatic heterocycles. The minimum absolute atomic E-state index is 0.0427. The Morgan fingerprint density at radius 1 is 1.44 bits per heavy atom. The second-order valence-corrected chi connectivity index (χ2v) is 3.42. The van der Waals surface area contributed by atoms with Crippen molar-refractivity contribution in [3.63, 3.8) is 0 Å². The molecule has 6 nitrogen and oxygen atoms in total. The number of nitrogens with zero attached hydrogens (tertiary/aromatic N) is 2. The van der Waals surface area contributed by atoms with Gasteiger partial charge < -0.3 is 9.47 Å². The number of rotatable bonds is 7. The van der Waals surface area contributed by atoms with E-state index in [-0.39, 0.29) is 17.0 Å². The molecule has 0 radical (unpaired) electrons. The first-order valence-electron chi connectivity index (χ1n) is 5.58. The highest BCUT2D eigenvalue weighted by Gasteiger charge is 2.17. The van der Waals surface area contributed by atoms with Crippen LogP contribution in [0.3, 0.4) is 0 Å². The maximum absolute atomic E-state index is 10.7. The summed E-state index contributed by atoms with van der Waals surface area (Å²) in [5, 5.41) is 19.7. The average Bonchev–Trinajstić information content (AvgIpc) is 2.38. The third-order valence-electron chi connectivity index (χ3n) is 2.21. The summed E-state index contributed by atoms with van der Waals surface area (Å²) in [6, 6.07) is 6.13. The van der Waals surface area contributed by atoms with Crippen LogP contribution in [0.5, 0.6) is 5.75 Å². The number of ether oxygens (including phenoxy) is 2. The predicted molar refractivity (Wildman–Crippen MR) is 64.4 cm³/mol. The first-order valence-corrected chi connectivity index (χ1v) is 5.58. The molecular formula is C12H14N2O4. The van der Waals surface area contributed by atoms with Crippen LogP contribution in [0.25, 0.3) is 0 Å². The Hall–Kier alpha value is -2.13. The van der Waals surface area contributed by atoms with Gasteiger partial charge >= 0.3 is 0 Å². The summed E-state index contributed by atoms with van der Waals surface area (Å²) in [4.78, 5) is 10.1. The number of nitriles is 1. The maximum atomic E-state index is 10.7. The van der Waals surface area contributed by atoms with E-state index in [2.05, 4.69) is 0 Å². The third-order valence-corrected chi connectivity index (χ3v) is 2.21. The van der Waals surface area contributed by atoms with E-state index < -0.39 is 4.92 Å². The number of nitro benzene ring substituents is 1. The lowest BCUT2D eigenvalue weighted by Crippen LogP contribution is -2.04. The fraction of sp³-hybridized carbons (Fsp3) is 0.417. The predicted octanol–water partition coefficient (Wildman–Crippen LogP) is 2.27. The zero-order valence-electron chi connectivity index (χ0n) is 10.1. The van der Waals surface area contributed by atoms with Gasteiger partial charge in [-0.1, -0.05) is 6.07 Å². The first-order chi connectivity index (χ1) is 8.70. The maximum Gasteiger partial charge on any atom is 0.290 e. The molecule has 0 saturated heterocycles. The van der Waals surface area contributed by atoms with Crippen molar-refractivity contribution in [2.24, 2.45) is 0 Å². The van der Waals surface area contributed by atoms with Gasteiger partial charge in [-0.05, 0) is 13.0 Å². The van der Waals surface area contributed by atoms with Crippen molar-refractivity contribution in [2.75, 3.05) is 19.8 Å². The highest BCUT2D eigenvalue weighted by atomic mass is 16.6. The summed E-state index contributed by atoms with van der Waals surface area (Å²) >= 11 is 0. The lowest BCUT2D eigenvalue weighted by atomic mass is 10.2. The molecule has 0 aromatic heterocycles. The Kier molecular flexibility index (Phi) is 5.61. The quantitative estimate of drug-likeness (QED) is 0.421. The molecule has 0 atom stereocenters. The van der Waals surface area contributed by atoms with Gasteiger partial charge in [0.2, 0.25) is 0 Å². The van der Waals surface area contributed by atoms with Crippen LogP contribution in [0, 0.1) is 21.4 Å². The van der Waals surface area contributed by atoms with Crippen molar-refractivity contribution in [3.8, 4) is 11.8 Å². The summed E-state index contributed by atoms with van der Waals surface area (Å²) < 4.78 is 10.5. The largest absolute Gasteiger partial charge is 0.492 e. The molecule has 0 unspecified atom stereocenters. The van der Waals surface area contributed by atoms with Gasteiger partial charge in [-0.15, -0.1) is 0 Å². The Morgan fingerprint density at radius 3 is 2.83 bits per heavy atom. The van der Waals surface area contributed by atoms with Crippen LogP contribution in [-0.2, 0) is 4.74 Å². The topological polar surface area (TPSA) is 85.4 Å². The van der Waals surface area contributed by atoms with E-state index in [4.69, 9.17) is 14.7 Å². The fourth-order valence-corrected chi connectivity index (χ4v) is 1.39. The van der Waals surface area contributed by atoms with E-state index in [1.54, 1.807) is 12.1 Å². The molecular weight excluding hydrogens is 236 g/mol. The van der Waals surface area contributed by atoms with Crippen molar-refractivity contribution in [1.29, 1.82) is 5.26 Å². The molecule has 0 aliphatic rings. The van der Waals surface area contributed by atoms with Crippen LogP contribution >= 0.6 is 0 Å². The monoisotopic (exact) mass is 250 g/mol. The van der Waals surface area contributed by atoms with E-state index in [9.17, 15) is 10.1 Å². The summed E-state index contributed by atoms with van der Waals surface area (Å²) in [5.74, 6) is 0.239.